The Kier molecular flexibility index (Phi) is 4.90. The molecule has 2 aromatic carbocycles. The van der Waals surface area contributed by atoms with Gasteiger partial charge in [-0.1, -0.05) is 0 Å². The summed E-state index contributed by atoms with van der Waals surface area (Å²) >= 11 is 0.219. The fourth-order valence-electron chi connectivity index (χ4n) is 1.45. The molecule has 0 unspecified atom stereocenters. The normalized spacial score (nSPS) is 9.39. The van der Waals surface area contributed by atoms with Crippen molar-refractivity contribution in [3.63, 3.8) is 0 Å². The minimum absolute atomic E-state index is 0.219. The maximum atomic E-state index is 5.61. The molecule has 0 spiro atoms. The van der Waals surface area contributed by atoms with E-state index in [1.54, 1.807) is 0 Å². The maximum absolute atomic E-state index is 5.61. The van der Waals surface area contributed by atoms with Gasteiger partial charge in [0.15, 0.2) is 0 Å². The average molecular weight is 301 g/mol. The van der Waals surface area contributed by atoms with Crippen molar-refractivity contribution in [1.29, 1.82) is 0 Å². The number of rotatable bonds is 3. The van der Waals surface area contributed by atoms with Crippen LogP contribution in [-0.4, -0.2) is 21.6 Å². The molecule has 0 fully saturated rings. The predicted molar refractivity (Wildman–Crippen MR) is 76.3 cm³/mol. The Balaban J connectivity index is 1.81. The second kappa shape index (κ2) is 6.91. The third kappa shape index (κ3) is 3.96. The van der Waals surface area contributed by atoms with Crippen molar-refractivity contribution in [3.05, 3.63) is 60.2 Å². The summed E-state index contributed by atoms with van der Waals surface area (Å²) in [7, 11) is 0. The molecular weight excluding hydrogens is 287 g/mol. The minimum atomic E-state index is 0.219. The van der Waals surface area contributed by atoms with E-state index in [2.05, 4.69) is 22.9 Å². The number of hydrogen-bond donors (Lipinski definition) is 0. The van der Waals surface area contributed by atoms with Crippen LogP contribution in [0, 0.1) is 17.7 Å². The van der Waals surface area contributed by atoms with Gasteiger partial charge in [-0.3, -0.25) is 0 Å². The Morgan fingerprint density at radius 2 is 1.72 bits per heavy atom. The summed E-state index contributed by atoms with van der Waals surface area (Å²) in [5, 5.41) is 0. The monoisotopic (exact) mass is 302 g/mol. The molecule has 2 rings (SSSR count). The molecule has 0 atom stereocenters. The van der Waals surface area contributed by atoms with E-state index in [0.29, 0.717) is 6.61 Å². The van der Waals surface area contributed by atoms with Crippen molar-refractivity contribution in [1.82, 2.24) is 0 Å². The van der Waals surface area contributed by atoms with E-state index in [9.17, 15) is 0 Å². The van der Waals surface area contributed by atoms with Crippen molar-refractivity contribution < 1.29 is 4.74 Å². The summed E-state index contributed by atoms with van der Waals surface area (Å²) in [5.74, 6) is 3.98. The van der Waals surface area contributed by atoms with Gasteiger partial charge < -0.3 is 0 Å². The van der Waals surface area contributed by atoms with Crippen molar-refractivity contribution in [2.75, 3.05) is 6.61 Å². The third-order valence-electron chi connectivity index (χ3n) is 2.38. The van der Waals surface area contributed by atoms with Crippen LogP contribution in [0.4, 0.5) is 0 Å². The molecule has 0 amide bonds. The molecule has 0 heterocycles. The summed E-state index contributed by atoms with van der Waals surface area (Å²) < 4.78 is 6.91. The van der Waals surface area contributed by atoms with Gasteiger partial charge in [0.25, 0.3) is 0 Å². The molecule has 1 nitrogen and oxygen atoms in total. The van der Waals surface area contributed by atoms with Crippen molar-refractivity contribution in [2.45, 2.75) is 6.92 Å². The number of benzene rings is 2. The van der Waals surface area contributed by atoms with Crippen LogP contribution in [0.2, 0.25) is 0 Å². The molecule has 0 radical (unpaired) electrons. The first-order valence-corrected chi connectivity index (χ1v) is 7.46. The van der Waals surface area contributed by atoms with Gasteiger partial charge in [0, 0.05) is 0 Å². The van der Waals surface area contributed by atoms with Gasteiger partial charge in [0.2, 0.25) is 0 Å². The first-order chi connectivity index (χ1) is 8.86. The van der Waals surface area contributed by atoms with E-state index < -0.39 is 0 Å². The van der Waals surface area contributed by atoms with Gasteiger partial charge in [-0.05, 0) is 0 Å². The van der Waals surface area contributed by atoms with E-state index in [-0.39, 0.29) is 15.0 Å². The van der Waals surface area contributed by atoms with Gasteiger partial charge >= 0.3 is 114 Å². The Morgan fingerprint density at radius 1 is 1.00 bits per heavy atom. The van der Waals surface area contributed by atoms with Gasteiger partial charge in [-0.2, -0.15) is 0 Å². The molecular formula is C16H14OSe. The molecule has 2 heteroatoms. The zero-order valence-electron chi connectivity index (χ0n) is 10.2. The topological polar surface area (TPSA) is 9.23 Å². The zero-order valence-corrected chi connectivity index (χ0v) is 11.9. The molecule has 0 aliphatic carbocycles. The predicted octanol–water partition coefficient (Wildman–Crippen LogP) is 2.36. The van der Waals surface area contributed by atoms with Gasteiger partial charge in [0.05, 0.1) is 0 Å². The Labute approximate surface area is 114 Å². The molecule has 18 heavy (non-hydrogen) atoms. The number of hydrogen-bond acceptors (Lipinski definition) is 1. The second-order valence-electron chi connectivity index (χ2n) is 3.75. The molecule has 0 saturated carbocycles. The summed E-state index contributed by atoms with van der Waals surface area (Å²) in [5.41, 5.74) is 1.15. The van der Waals surface area contributed by atoms with Gasteiger partial charge in [-0.15, -0.1) is 0 Å². The van der Waals surface area contributed by atoms with Crippen LogP contribution >= 0.6 is 0 Å². The first kappa shape index (κ1) is 12.8. The summed E-state index contributed by atoms with van der Waals surface area (Å²) in [6, 6.07) is 18.3. The van der Waals surface area contributed by atoms with E-state index in [4.69, 9.17) is 4.74 Å². The molecule has 0 aromatic heterocycles. The van der Waals surface area contributed by atoms with Crippen LogP contribution in [0.1, 0.15) is 5.56 Å². The molecule has 0 N–H and O–H groups in total. The summed E-state index contributed by atoms with van der Waals surface area (Å²) in [6.07, 6.45) is 0. The quantitative estimate of drug-likeness (QED) is 0.625. The summed E-state index contributed by atoms with van der Waals surface area (Å²) in [6.45, 7) is 2.50. The first-order valence-electron chi connectivity index (χ1n) is 5.74. The standard InChI is InChI=1S/C16H14OSe/c1-14-8-5-6-11-16(14)17-12-7-13-18-15-9-3-2-4-10-15/h2-6,8-11H,12H2,1H3. The van der Waals surface area contributed by atoms with E-state index in [1.807, 2.05) is 49.4 Å². The van der Waals surface area contributed by atoms with Crippen LogP contribution in [0.3, 0.4) is 0 Å². The van der Waals surface area contributed by atoms with Crippen LogP contribution < -0.4 is 9.20 Å². The van der Waals surface area contributed by atoms with Crippen LogP contribution in [0.15, 0.2) is 54.6 Å². The molecule has 0 bridgehead atoms. The Morgan fingerprint density at radius 3 is 2.50 bits per heavy atom. The van der Waals surface area contributed by atoms with E-state index >= 15 is 0 Å². The fourth-order valence-corrected chi connectivity index (χ4v) is 2.58. The van der Waals surface area contributed by atoms with Gasteiger partial charge in [-0.25, -0.2) is 0 Å². The van der Waals surface area contributed by atoms with Crippen LogP contribution in [0.5, 0.6) is 5.75 Å². The van der Waals surface area contributed by atoms with Crippen molar-refractivity contribution in [2.24, 2.45) is 0 Å². The fraction of sp³-hybridized carbons (Fsp3) is 0.125. The molecule has 0 aliphatic rings. The van der Waals surface area contributed by atoms with Crippen molar-refractivity contribution in [3.8, 4) is 16.5 Å². The van der Waals surface area contributed by atoms with E-state index in [0.717, 1.165) is 11.3 Å². The van der Waals surface area contributed by atoms with Gasteiger partial charge in [0.1, 0.15) is 0 Å². The third-order valence-corrected chi connectivity index (χ3v) is 3.96. The Hall–Kier alpha value is -1.68. The average Bonchev–Trinajstić information content (AvgIpc) is 2.42. The molecule has 0 aliphatic heterocycles. The SMILES string of the molecule is Cc1ccccc1OCC#C[Se]c1ccccc1. The van der Waals surface area contributed by atoms with Crippen molar-refractivity contribution >= 4 is 19.4 Å². The number of aryl methyl sites for hydroxylation is 1. The Bertz CT molecular complexity index is 552. The number of ether oxygens (including phenoxy) is 1. The number of para-hydroxylation sites is 1. The van der Waals surface area contributed by atoms with Crippen LogP contribution in [-0.2, 0) is 0 Å². The summed E-state index contributed by atoms with van der Waals surface area (Å²) in [4.78, 5) is 3.18. The zero-order chi connectivity index (χ0) is 12.6. The second-order valence-corrected chi connectivity index (χ2v) is 5.59. The molecule has 90 valence electrons. The van der Waals surface area contributed by atoms with E-state index in [1.165, 1.54) is 4.46 Å². The molecule has 2 aromatic rings. The molecule has 0 saturated heterocycles. The van der Waals surface area contributed by atoms with Crippen LogP contribution in [0.25, 0.3) is 0 Å².